The van der Waals surface area contributed by atoms with Crippen LogP contribution in [-0.2, 0) is 28.1 Å². The highest BCUT2D eigenvalue weighted by Gasteiger charge is 2.22. The minimum atomic E-state index is -2.20. The molecule has 196 valence electrons. The van der Waals surface area contributed by atoms with Crippen molar-refractivity contribution in [1.82, 2.24) is 19.9 Å². The molecule has 2 aromatic carbocycles. The highest BCUT2D eigenvalue weighted by Crippen LogP contribution is 2.42. The molecule has 0 aliphatic carbocycles. The Morgan fingerprint density at radius 2 is 1.84 bits per heavy atom. The van der Waals surface area contributed by atoms with Gasteiger partial charge in [0, 0.05) is 30.7 Å². The van der Waals surface area contributed by atoms with Crippen LogP contribution in [0.1, 0.15) is 30.4 Å². The van der Waals surface area contributed by atoms with Gasteiger partial charge >= 0.3 is 0 Å². The zero-order valence-electron chi connectivity index (χ0n) is 21.7. The summed E-state index contributed by atoms with van der Waals surface area (Å²) in [5.41, 5.74) is 13.7. The number of hydrogen-bond donors (Lipinski definition) is 2. The van der Waals surface area contributed by atoms with Gasteiger partial charge in [-0.05, 0) is 60.2 Å². The average molecular weight is 529 g/mol. The lowest BCUT2D eigenvalue weighted by Crippen LogP contribution is -2.19. The Balaban J connectivity index is 1.62. The Labute approximate surface area is 223 Å². The van der Waals surface area contributed by atoms with Crippen LogP contribution in [0.5, 0.6) is 0 Å². The van der Waals surface area contributed by atoms with Crippen LogP contribution in [0.15, 0.2) is 65.8 Å². The van der Waals surface area contributed by atoms with Crippen LogP contribution >= 0.6 is 0 Å². The van der Waals surface area contributed by atoms with Gasteiger partial charge in [0.05, 0.1) is 26.5 Å². The van der Waals surface area contributed by atoms with E-state index in [0.717, 1.165) is 69.5 Å². The number of rotatable bonds is 6. The number of fused-ring (bicyclic) bond motifs is 1. The van der Waals surface area contributed by atoms with E-state index in [2.05, 4.69) is 27.9 Å². The largest absolute Gasteiger partial charge is 0.383 e. The third-order valence-corrected chi connectivity index (χ3v) is 9.44. The monoisotopic (exact) mass is 528 g/mol. The van der Waals surface area contributed by atoms with E-state index in [1.807, 2.05) is 54.9 Å². The number of nitrogen functional groups attached to an aromatic ring is 1. The predicted octanol–water partition coefficient (Wildman–Crippen LogP) is 5.28. The van der Waals surface area contributed by atoms with Gasteiger partial charge in [-0.2, -0.15) is 4.36 Å². The van der Waals surface area contributed by atoms with Crippen LogP contribution in [0.2, 0.25) is 0 Å². The third-order valence-electron chi connectivity index (χ3n) is 7.05. The number of nitrogens with one attached hydrogen (secondary N) is 1. The Morgan fingerprint density at radius 3 is 2.53 bits per heavy atom. The van der Waals surface area contributed by atoms with E-state index >= 15 is 0 Å². The normalized spacial score (nSPS) is 14.8. The van der Waals surface area contributed by atoms with Crippen molar-refractivity contribution < 1.29 is 9.00 Å². The number of nitrogens with two attached hydrogens (primary N) is 1. The summed E-state index contributed by atoms with van der Waals surface area (Å²) in [5, 5.41) is 3.59. The molecule has 2 aromatic heterocycles. The third kappa shape index (κ3) is 4.93. The van der Waals surface area contributed by atoms with Crippen molar-refractivity contribution in [2.45, 2.75) is 32.7 Å². The predicted molar refractivity (Wildman–Crippen MR) is 154 cm³/mol. The molecule has 1 aliphatic heterocycles. The van der Waals surface area contributed by atoms with Crippen molar-refractivity contribution in [2.24, 2.45) is 11.4 Å². The molecular weight excluding hydrogens is 496 g/mol. The van der Waals surface area contributed by atoms with Crippen LogP contribution in [-0.4, -0.2) is 36.2 Å². The number of aromatic nitrogens is 3. The molecule has 5 rings (SSSR count). The molecule has 1 fully saturated rings. The van der Waals surface area contributed by atoms with E-state index in [0.29, 0.717) is 23.9 Å². The lowest BCUT2D eigenvalue weighted by Gasteiger charge is -2.16. The molecule has 1 aliphatic rings. The quantitative estimate of drug-likeness (QED) is 0.331. The molecule has 0 bridgehead atoms. The van der Waals surface area contributed by atoms with Gasteiger partial charge in [0.25, 0.3) is 0 Å². The molecule has 1 saturated heterocycles. The topological polar surface area (TPSA) is 115 Å². The minimum Gasteiger partial charge on any atom is -0.383 e. The van der Waals surface area contributed by atoms with Gasteiger partial charge in [-0.15, -0.1) is 0 Å². The summed E-state index contributed by atoms with van der Waals surface area (Å²) in [6.45, 7) is 5.91. The van der Waals surface area contributed by atoms with Crippen molar-refractivity contribution in [3.05, 3.63) is 72.6 Å². The van der Waals surface area contributed by atoms with E-state index in [9.17, 15) is 9.00 Å². The maximum Gasteiger partial charge on any atom is 0.243 e. The standard InChI is InChI=1S/C29H32N6O2S/c1-4-24(36)31-17-20-8-10-21(11-9-20)27-25(26-28(30)32-18-33-29(26)35(27)3)22-12-13-23(19(2)16-22)34-38(37)14-6-5-7-15-38/h4,8-13,16,18H,1,5-7,14-15,17H2,2-3H3,(H,31,36)(H2,30,32,33). The van der Waals surface area contributed by atoms with Gasteiger partial charge in [0.1, 0.15) is 17.8 Å². The first-order valence-electron chi connectivity index (χ1n) is 12.7. The van der Waals surface area contributed by atoms with Crippen LogP contribution in [0.25, 0.3) is 33.4 Å². The molecule has 0 spiro atoms. The fourth-order valence-electron chi connectivity index (χ4n) is 5.05. The SMILES string of the molecule is C=CC(=O)NCc1ccc(-c2c(-c3ccc(N=S4(=O)CCCCC4)c(C)c3)c3c(N)ncnc3n2C)cc1. The van der Waals surface area contributed by atoms with Crippen LogP contribution < -0.4 is 11.1 Å². The number of hydrogen-bond acceptors (Lipinski definition) is 6. The number of carbonyl (C=O) groups excluding carboxylic acids is 1. The van der Waals surface area contributed by atoms with E-state index in [4.69, 9.17) is 10.1 Å². The molecule has 0 unspecified atom stereocenters. The van der Waals surface area contributed by atoms with Crippen molar-refractivity contribution in [1.29, 1.82) is 0 Å². The van der Waals surface area contributed by atoms with Crippen LogP contribution in [0.4, 0.5) is 11.5 Å². The fourth-order valence-corrected chi connectivity index (χ4v) is 7.31. The zero-order valence-corrected chi connectivity index (χ0v) is 22.6. The lowest BCUT2D eigenvalue weighted by atomic mass is 9.96. The van der Waals surface area contributed by atoms with Gasteiger partial charge in [-0.3, -0.25) is 4.79 Å². The first kappa shape index (κ1) is 25.7. The van der Waals surface area contributed by atoms with Gasteiger partial charge in [0.15, 0.2) is 0 Å². The second-order valence-corrected chi connectivity index (χ2v) is 12.2. The second-order valence-electron chi connectivity index (χ2n) is 9.69. The summed E-state index contributed by atoms with van der Waals surface area (Å²) in [6, 6.07) is 14.1. The Hall–Kier alpha value is -3.98. The molecule has 8 nitrogen and oxygen atoms in total. The molecule has 1 amide bonds. The molecule has 3 heterocycles. The van der Waals surface area contributed by atoms with Gasteiger partial charge < -0.3 is 15.6 Å². The molecule has 3 N–H and O–H groups in total. The van der Waals surface area contributed by atoms with Crippen LogP contribution in [0, 0.1) is 6.92 Å². The van der Waals surface area contributed by atoms with Gasteiger partial charge in [-0.1, -0.05) is 43.3 Å². The van der Waals surface area contributed by atoms with E-state index in [1.54, 1.807) is 0 Å². The molecular formula is C29H32N6O2S. The zero-order chi connectivity index (χ0) is 26.9. The molecule has 38 heavy (non-hydrogen) atoms. The number of carbonyl (C=O) groups is 1. The second kappa shape index (κ2) is 10.4. The summed E-state index contributed by atoms with van der Waals surface area (Å²) < 4.78 is 20.0. The Morgan fingerprint density at radius 1 is 1.13 bits per heavy atom. The minimum absolute atomic E-state index is 0.211. The fraction of sp³-hybridized carbons (Fsp3) is 0.276. The van der Waals surface area contributed by atoms with Gasteiger partial charge in [-0.25, -0.2) is 14.2 Å². The average Bonchev–Trinajstić information content (AvgIpc) is 3.22. The van der Waals surface area contributed by atoms with Crippen molar-refractivity contribution in [3.8, 4) is 22.4 Å². The number of benzene rings is 2. The van der Waals surface area contributed by atoms with Crippen LogP contribution in [0.3, 0.4) is 0 Å². The van der Waals surface area contributed by atoms with Crippen molar-refractivity contribution in [3.63, 3.8) is 0 Å². The summed E-state index contributed by atoms with van der Waals surface area (Å²) in [4.78, 5) is 20.4. The summed E-state index contributed by atoms with van der Waals surface area (Å²) in [6.07, 6.45) is 5.80. The summed E-state index contributed by atoms with van der Waals surface area (Å²) in [7, 11) is -0.230. The first-order chi connectivity index (χ1) is 18.3. The number of anilines is 1. The number of nitrogens with zero attached hydrogens (tertiary/aromatic N) is 4. The van der Waals surface area contributed by atoms with E-state index in [-0.39, 0.29) is 5.91 Å². The first-order valence-corrected chi connectivity index (χ1v) is 14.6. The highest BCUT2D eigenvalue weighted by atomic mass is 32.2. The molecule has 4 aromatic rings. The molecule has 0 atom stereocenters. The van der Waals surface area contributed by atoms with Crippen molar-refractivity contribution in [2.75, 3.05) is 17.2 Å². The number of amides is 1. The van der Waals surface area contributed by atoms with E-state index in [1.165, 1.54) is 12.4 Å². The lowest BCUT2D eigenvalue weighted by molar-refractivity contribution is -0.116. The smallest absolute Gasteiger partial charge is 0.243 e. The number of aryl methyl sites for hydroxylation is 2. The molecule has 0 radical (unpaired) electrons. The highest BCUT2D eigenvalue weighted by molar-refractivity contribution is 7.93. The van der Waals surface area contributed by atoms with E-state index < -0.39 is 9.73 Å². The molecule has 9 heteroatoms. The van der Waals surface area contributed by atoms with Gasteiger partial charge in [0.2, 0.25) is 5.91 Å². The molecule has 0 saturated carbocycles. The Kier molecular flexibility index (Phi) is 7.03. The maximum atomic E-state index is 13.2. The maximum absolute atomic E-state index is 13.2. The Bertz CT molecular complexity index is 1650. The van der Waals surface area contributed by atoms with Crippen molar-refractivity contribution >= 4 is 38.2 Å². The summed E-state index contributed by atoms with van der Waals surface area (Å²) >= 11 is 0. The summed E-state index contributed by atoms with van der Waals surface area (Å²) in [5.74, 6) is 1.54.